The zero-order valence-electron chi connectivity index (χ0n) is 12.1. The van der Waals surface area contributed by atoms with Gasteiger partial charge >= 0.3 is 0 Å². The Kier molecular flexibility index (Phi) is 5.31. The Labute approximate surface area is 117 Å². The summed E-state index contributed by atoms with van der Waals surface area (Å²) >= 11 is 0. The maximum absolute atomic E-state index is 9.66. The number of hydrogen-bond acceptors (Lipinski definition) is 1. The highest BCUT2D eigenvalue weighted by Crippen LogP contribution is 2.27. The number of aliphatic hydroxyl groups is 1. The third kappa shape index (κ3) is 6.21. The fourth-order valence-electron chi connectivity index (χ4n) is 1.67. The minimum Gasteiger partial charge on any atom is -0.386 e. The van der Waals surface area contributed by atoms with Gasteiger partial charge in [-0.15, -0.1) is 6.58 Å². The molecule has 0 aliphatic carbocycles. The van der Waals surface area contributed by atoms with E-state index in [1.54, 1.807) is 13.8 Å². The summed E-state index contributed by atoms with van der Waals surface area (Å²) in [7, 11) is 0. The lowest BCUT2D eigenvalue weighted by molar-refractivity contribution is 0.132. The second-order valence-electron chi connectivity index (χ2n) is 5.71. The van der Waals surface area contributed by atoms with Crippen molar-refractivity contribution in [1.29, 1.82) is 0 Å². The molecule has 0 aliphatic heterocycles. The van der Waals surface area contributed by atoms with Crippen molar-refractivity contribution in [2.75, 3.05) is 0 Å². The van der Waals surface area contributed by atoms with Crippen LogP contribution < -0.4 is 0 Å². The quantitative estimate of drug-likeness (QED) is 0.737. The monoisotopic (exact) mass is 256 g/mol. The van der Waals surface area contributed by atoms with E-state index in [2.05, 4.69) is 37.8 Å². The van der Waals surface area contributed by atoms with Gasteiger partial charge < -0.3 is 5.11 Å². The van der Waals surface area contributed by atoms with Crippen molar-refractivity contribution in [3.05, 3.63) is 66.8 Å². The van der Waals surface area contributed by atoms with Crippen LogP contribution in [0.4, 0.5) is 0 Å². The van der Waals surface area contributed by atoms with Crippen molar-refractivity contribution in [1.82, 2.24) is 0 Å². The maximum atomic E-state index is 9.66. The zero-order valence-corrected chi connectivity index (χ0v) is 12.1. The Bertz CT molecular complexity index is 448. The third-order valence-electron chi connectivity index (χ3n) is 3.01. The molecule has 102 valence electrons. The lowest BCUT2D eigenvalue weighted by Gasteiger charge is -2.20. The van der Waals surface area contributed by atoms with E-state index >= 15 is 0 Å². The van der Waals surface area contributed by atoms with Crippen LogP contribution in [0.2, 0.25) is 0 Å². The minimum absolute atomic E-state index is 0.0996. The van der Waals surface area contributed by atoms with Crippen LogP contribution in [0.25, 0.3) is 6.08 Å². The Morgan fingerprint density at radius 2 is 1.74 bits per heavy atom. The lowest BCUT2D eigenvalue weighted by atomic mass is 9.85. The van der Waals surface area contributed by atoms with Gasteiger partial charge in [0.2, 0.25) is 0 Å². The van der Waals surface area contributed by atoms with E-state index in [-0.39, 0.29) is 5.41 Å². The molecule has 0 heterocycles. The highest BCUT2D eigenvalue weighted by atomic mass is 16.3. The Morgan fingerprint density at radius 3 is 2.26 bits per heavy atom. The molecular formula is C18H24O. The predicted molar refractivity (Wildman–Crippen MR) is 83.8 cm³/mol. The molecule has 0 radical (unpaired) electrons. The topological polar surface area (TPSA) is 20.2 Å². The molecule has 1 aromatic rings. The molecule has 1 rings (SSSR count). The molecule has 0 amide bonds. The van der Waals surface area contributed by atoms with Crippen LogP contribution in [0.15, 0.2) is 61.2 Å². The van der Waals surface area contributed by atoms with Crippen LogP contribution >= 0.6 is 0 Å². The Balaban J connectivity index is 2.73. The summed E-state index contributed by atoms with van der Waals surface area (Å²) < 4.78 is 0. The van der Waals surface area contributed by atoms with E-state index < -0.39 is 5.60 Å². The number of hydrogen-bond donors (Lipinski definition) is 1. The van der Waals surface area contributed by atoms with Gasteiger partial charge in [0.05, 0.1) is 5.60 Å². The molecule has 1 atom stereocenters. The molecule has 0 saturated heterocycles. The molecule has 0 spiro atoms. The average molecular weight is 256 g/mol. The lowest BCUT2D eigenvalue weighted by Crippen LogP contribution is -2.14. The van der Waals surface area contributed by atoms with E-state index in [9.17, 15) is 5.11 Å². The molecule has 1 unspecified atom stereocenters. The SMILES string of the molecule is C=CC(C)(/C=C/c1ccccc1)C/C=C/C(C)(C)O. The van der Waals surface area contributed by atoms with Crippen LogP contribution in [-0.4, -0.2) is 10.7 Å². The van der Waals surface area contributed by atoms with Crippen molar-refractivity contribution in [3.63, 3.8) is 0 Å². The summed E-state index contributed by atoms with van der Waals surface area (Å²) in [4.78, 5) is 0. The molecule has 1 heteroatoms. The molecule has 19 heavy (non-hydrogen) atoms. The summed E-state index contributed by atoms with van der Waals surface area (Å²) in [6.07, 6.45) is 10.9. The van der Waals surface area contributed by atoms with Gasteiger partial charge in [0.15, 0.2) is 0 Å². The summed E-state index contributed by atoms with van der Waals surface area (Å²) in [5, 5.41) is 9.66. The van der Waals surface area contributed by atoms with Gasteiger partial charge in [0, 0.05) is 5.41 Å². The first-order valence-corrected chi connectivity index (χ1v) is 6.63. The van der Waals surface area contributed by atoms with Gasteiger partial charge in [-0.25, -0.2) is 0 Å². The van der Waals surface area contributed by atoms with Gasteiger partial charge in [-0.2, -0.15) is 0 Å². The van der Waals surface area contributed by atoms with Crippen molar-refractivity contribution in [2.45, 2.75) is 32.8 Å². The fourth-order valence-corrected chi connectivity index (χ4v) is 1.67. The standard InChI is InChI=1S/C18H24O/c1-5-18(4,14-9-13-17(2,3)19)15-12-16-10-7-6-8-11-16/h5-13,15,19H,1,14H2,2-4H3/b13-9+,15-12+. The molecule has 1 nitrogen and oxygen atoms in total. The molecular weight excluding hydrogens is 232 g/mol. The normalized spacial score (nSPS) is 15.8. The van der Waals surface area contributed by atoms with Gasteiger partial charge in [-0.3, -0.25) is 0 Å². The van der Waals surface area contributed by atoms with Crippen LogP contribution in [0.1, 0.15) is 32.8 Å². The molecule has 0 aromatic heterocycles. The van der Waals surface area contributed by atoms with Gasteiger partial charge in [0.1, 0.15) is 0 Å². The molecule has 0 bridgehead atoms. The van der Waals surface area contributed by atoms with Gasteiger partial charge in [-0.05, 0) is 25.8 Å². The number of benzene rings is 1. The average Bonchev–Trinajstić information content (AvgIpc) is 2.36. The summed E-state index contributed by atoms with van der Waals surface area (Å²) in [5.41, 5.74) is 0.324. The first-order valence-electron chi connectivity index (χ1n) is 6.63. The Hall–Kier alpha value is -1.60. The van der Waals surface area contributed by atoms with Gasteiger partial charge in [-0.1, -0.05) is 67.6 Å². The third-order valence-corrected chi connectivity index (χ3v) is 3.01. The van der Waals surface area contributed by atoms with Crippen molar-refractivity contribution < 1.29 is 5.11 Å². The fraction of sp³-hybridized carbons (Fsp3) is 0.333. The Morgan fingerprint density at radius 1 is 1.11 bits per heavy atom. The number of allylic oxidation sites excluding steroid dienone is 3. The summed E-state index contributed by atoms with van der Waals surface area (Å²) in [6.45, 7) is 9.59. The van der Waals surface area contributed by atoms with E-state index in [0.717, 1.165) is 6.42 Å². The summed E-state index contributed by atoms with van der Waals surface area (Å²) in [6, 6.07) is 10.2. The molecule has 0 fully saturated rings. The van der Waals surface area contributed by atoms with E-state index in [0.29, 0.717) is 0 Å². The van der Waals surface area contributed by atoms with Crippen molar-refractivity contribution >= 4 is 6.08 Å². The highest BCUT2D eigenvalue weighted by molar-refractivity contribution is 5.50. The predicted octanol–water partition coefficient (Wildman–Crippen LogP) is 4.61. The second-order valence-corrected chi connectivity index (χ2v) is 5.71. The van der Waals surface area contributed by atoms with Gasteiger partial charge in [0.25, 0.3) is 0 Å². The second kappa shape index (κ2) is 6.53. The van der Waals surface area contributed by atoms with E-state index in [1.165, 1.54) is 5.56 Å². The van der Waals surface area contributed by atoms with Crippen LogP contribution in [0.5, 0.6) is 0 Å². The van der Waals surface area contributed by atoms with Crippen LogP contribution in [-0.2, 0) is 0 Å². The van der Waals surface area contributed by atoms with E-state index in [4.69, 9.17) is 0 Å². The van der Waals surface area contributed by atoms with Crippen LogP contribution in [0.3, 0.4) is 0 Å². The van der Waals surface area contributed by atoms with Crippen LogP contribution in [0, 0.1) is 5.41 Å². The molecule has 1 aromatic carbocycles. The van der Waals surface area contributed by atoms with Crippen molar-refractivity contribution in [3.8, 4) is 0 Å². The molecule has 0 saturated carbocycles. The highest BCUT2D eigenvalue weighted by Gasteiger charge is 2.15. The largest absolute Gasteiger partial charge is 0.386 e. The van der Waals surface area contributed by atoms with E-state index in [1.807, 2.05) is 36.4 Å². The number of rotatable bonds is 6. The smallest absolute Gasteiger partial charge is 0.0771 e. The van der Waals surface area contributed by atoms with Crippen molar-refractivity contribution in [2.24, 2.45) is 5.41 Å². The first-order chi connectivity index (χ1) is 8.85. The minimum atomic E-state index is -0.759. The molecule has 1 N–H and O–H groups in total. The first kappa shape index (κ1) is 15.5. The zero-order chi connectivity index (χ0) is 14.4. The summed E-state index contributed by atoms with van der Waals surface area (Å²) in [5.74, 6) is 0. The maximum Gasteiger partial charge on any atom is 0.0771 e. The molecule has 0 aliphatic rings.